The summed E-state index contributed by atoms with van der Waals surface area (Å²) in [5.74, 6) is -1.39. The molecule has 3 aromatic heterocycles. The smallest absolute Gasteiger partial charge is 0.332 e. The van der Waals surface area contributed by atoms with E-state index in [2.05, 4.69) is 20.2 Å². The highest BCUT2D eigenvalue weighted by molar-refractivity contribution is 5.73. The predicted molar refractivity (Wildman–Crippen MR) is 109 cm³/mol. The molecule has 31 heavy (non-hydrogen) atoms. The van der Waals surface area contributed by atoms with Crippen molar-refractivity contribution in [1.29, 1.82) is 0 Å². The van der Waals surface area contributed by atoms with E-state index in [9.17, 15) is 24.3 Å². The first-order valence-electron chi connectivity index (χ1n) is 8.95. The number of hydrogen-bond donors (Lipinski definition) is 3. The summed E-state index contributed by atoms with van der Waals surface area (Å²) >= 11 is 0. The maximum absolute atomic E-state index is 13.0. The molecule has 0 fully saturated rings. The van der Waals surface area contributed by atoms with Gasteiger partial charge in [-0.15, -0.1) is 10.2 Å². The van der Waals surface area contributed by atoms with Crippen LogP contribution in [0.5, 0.6) is 5.75 Å². The van der Waals surface area contributed by atoms with Gasteiger partial charge in [0.05, 0.1) is 6.54 Å². The van der Waals surface area contributed by atoms with E-state index in [1.165, 1.54) is 23.2 Å². The molecule has 0 spiro atoms. The molecule has 3 N–H and O–H groups in total. The average Bonchev–Trinajstić information content (AvgIpc) is 3.08. The molecule has 158 valence electrons. The number of benzene rings is 1. The lowest BCUT2D eigenvalue weighted by molar-refractivity contribution is 0.463. The average molecular weight is 424 g/mol. The third-order valence-electron chi connectivity index (χ3n) is 4.66. The molecule has 3 heterocycles. The Bertz CT molecular complexity index is 1570. The van der Waals surface area contributed by atoms with Crippen molar-refractivity contribution in [3.05, 3.63) is 77.6 Å². The summed E-state index contributed by atoms with van der Waals surface area (Å²) in [7, 11) is 2.97. The molecule has 13 nitrogen and oxygen atoms in total. The number of aromatic amines is 2. The third-order valence-corrected chi connectivity index (χ3v) is 4.66. The molecule has 1 aromatic carbocycles. The zero-order chi connectivity index (χ0) is 22.3. The van der Waals surface area contributed by atoms with E-state index in [-0.39, 0.29) is 23.7 Å². The number of fused-ring (bicyclic) bond motifs is 1. The monoisotopic (exact) mass is 424 g/mol. The van der Waals surface area contributed by atoms with Gasteiger partial charge in [0.1, 0.15) is 0 Å². The third kappa shape index (κ3) is 3.37. The number of hydrogen-bond acceptors (Lipinski definition) is 8. The molecule has 4 rings (SSSR count). The van der Waals surface area contributed by atoms with Crippen molar-refractivity contribution in [3.63, 3.8) is 0 Å². The van der Waals surface area contributed by atoms with Crippen molar-refractivity contribution in [2.45, 2.75) is 6.54 Å². The fourth-order valence-corrected chi connectivity index (χ4v) is 3.06. The second-order valence-electron chi connectivity index (χ2n) is 6.67. The molecule has 0 unspecified atom stereocenters. The van der Waals surface area contributed by atoms with Gasteiger partial charge in [-0.2, -0.15) is 4.98 Å². The van der Waals surface area contributed by atoms with Crippen molar-refractivity contribution in [2.75, 3.05) is 0 Å². The topological polar surface area (TPSA) is 172 Å². The lowest BCUT2D eigenvalue weighted by Crippen LogP contribution is -2.39. The number of H-pyrrole nitrogens is 2. The van der Waals surface area contributed by atoms with E-state index in [0.29, 0.717) is 0 Å². The normalized spacial score (nSPS) is 11.5. The van der Waals surface area contributed by atoms with E-state index in [4.69, 9.17) is 0 Å². The first-order chi connectivity index (χ1) is 14.8. The second kappa shape index (κ2) is 7.37. The van der Waals surface area contributed by atoms with Gasteiger partial charge in [-0.05, 0) is 5.56 Å². The first-order valence-corrected chi connectivity index (χ1v) is 8.95. The van der Waals surface area contributed by atoms with E-state index in [0.717, 1.165) is 10.1 Å². The van der Waals surface area contributed by atoms with Crippen LogP contribution in [0.2, 0.25) is 0 Å². The Morgan fingerprint density at radius 2 is 1.71 bits per heavy atom. The van der Waals surface area contributed by atoms with E-state index < -0.39 is 34.1 Å². The maximum atomic E-state index is 13.0. The van der Waals surface area contributed by atoms with Crippen LogP contribution in [-0.4, -0.2) is 33.8 Å². The number of nitrogens with zero attached hydrogens (tertiary/aromatic N) is 6. The minimum absolute atomic E-state index is 0.0756. The second-order valence-corrected chi connectivity index (χ2v) is 6.67. The van der Waals surface area contributed by atoms with Gasteiger partial charge in [0, 0.05) is 14.1 Å². The van der Waals surface area contributed by atoms with Crippen molar-refractivity contribution >= 4 is 22.9 Å². The van der Waals surface area contributed by atoms with Gasteiger partial charge in [0.25, 0.3) is 17.1 Å². The highest BCUT2D eigenvalue weighted by Crippen LogP contribution is 2.21. The highest BCUT2D eigenvalue weighted by Gasteiger charge is 2.19. The summed E-state index contributed by atoms with van der Waals surface area (Å²) in [5.41, 5.74) is -2.07. The van der Waals surface area contributed by atoms with Gasteiger partial charge in [0.2, 0.25) is 11.6 Å². The summed E-state index contributed by atoms with van der Waals surface area (Å²) in [6, 6.07) is 9.04. The zero-order valence-electron chi connectivity index (χ0n) is 16.4. The van der Waals surface area contributed by atoms with E-state index in [1.54, 1.807) is 24.3 Å². The molecular formula is C18H16N8O5. The molecule has 0 saturated heterocycles. The lowest BCUT2D eigenvalue weighted by atomic mass is 10.2. The molecule has 0 aliphatic heterocycles. The van der Waals surface area contributed by atoms with E-state index >= 15 is 0 Å². The van der Waals surface area contributed by atoms with E-state index in [1.807, 2.05) is 11.1 Å². The van der Waals surface area contributed by atoms with Gasteiger partial charge in [0.15, 0.2) is 11.2 Å². The molecule has 0 amide bonds. The van der Waals surface area contributed by atoms with Gasteiger partial charge >= 0.3 is 11.4 Å². The van der Waals surface area contributed by atoms with Crippen LogP contribution in [0.1, 0.15) is 5.56 Å². The number of aryl methyl sites for hydroxylation is 2. The quantitative estimate of drug-likeness (QED) is 0.388. The van der Waals surface area contributed by atoms with Crippen LogP contribution < -0.4 is 22.5 Å². The lowest BCUT2D eigenvalue weighted by Gasteiger charge is -2.08. The molecule has 0 bridgehead atoms. The number of nitrogens with one attached hydrogen (secondary N) is 2. The zero-order valence-corrected chi connectivity index (χ0v) is 16.4. The Balaban J connectivity index is 1.86. The number of imidazole rings is 1. The van der Waals surface area contributed by atoms with Crippen LogP contribution in [0.25, 0.3) is 11.2 Å². The Kier molecular flexibility index (Phi) is 4.69. The van der Waals surface area contributed by atoms with Gasteiger partial charge < -0.3 is 9.67 Å². The van der Waals surface area contributed by atoms with Crippen molar-refractivity contribution in [2.24, 2.45) is 24.3 Å². The van der Waals surface area contributed by atoms with Crippen molar-refractivity contribution < 1.29 is 5.11 Å². The molecule has 0 saturated carbocycles. The van der Waals surface area contributed by atoms with Gasteiger partial charge in [-0.25, -0.2) is 9.59 Å². The van der Waals surface area contributed by atoms with Crippen LogP contribution in [0.3, 0.4) is 0 Å². The molecule has 0 aliphatic carbocycles. The summed E-state index contributed by atoms with van der Waals surface area (Å²) in [6.45, 7) is 0.0756. The minimum atomic E-state index is -1.03. The first kappa shape index (κ1) is 19.8. The molecule has 0 aliphatic rings. The Labute approximate surface area is 171 Å². The molecule has 4 aromatic rings. The fourth-order valence-electron chi connectivity index (χ4n) is 3.06. The number of rotatable bonds is 4. The maximum Gasteiger partial charge on any atom is 0.332 e. The largest absolute Gasteiger partial charge is 0.500 e. The van der Waals surface area contributed by atoms with Crippen LogP contribution in [0.4, 0.5) is 11.8 Å². The molecule has 13 heteroatoms. The molecule has 0 radical (unpaired) electrons. The molecule has 0 atom stereocenters. The Hall–Kier alpha value is -4.55. The predicted octanol–water partition coefficient (Wildman–Crippen LogP) is -0.0204. The SMILES string of the molecule is Cn1c(/N=N/c2[nH]c(=O)[nH]c(=O)c2O)nc2c1c(=O)n(Cc1ccccc1)c(=O)n2C. The summed E-state index contributed by atoms with van der Waals surface area (Å²) in [4.78, 5) is 56.7. The van der Waals surface area contributed by atoms with Crippen LogP contribution in [0.15, 0.2) is 59.7 Å². The molecular weight excluding hydrogens is 408 g/mol. The number of aromatic hydroxyl groups is 1. The van der Waals surface area contributed by atoms with Crippen molar-refractivity contribution in [1.82, 2.24) is 28.7 Å². The van der Waals surface area contributed by atoms with Crippen LogP contribution in [-0.2, 0) is 20.6 Å². The Morgan fingerprint density at radius 1 is 1.00 bits per heavy atom. The standard InChI is InChI=1S/C18H16N8O5/c1-24-10-13(20-16(24)23-22-12-11(27)14(28)21-17(30)19-12)25(2)18(31)26(15(10)29)8-9-6-4-3-5-7-9/h3-7,27H,8H2,1-2H3,(H2,19,21,28,30)/b23-22+. The summed E-state index contributed by atoms with van der Waals surface area (Å²) in [5, 5.41) is 17.2. The number of azo groups is 1. The summed E-state index contributed by atoms with van der Waals surface area (Å²) < 4.78 is 3.62. The van der Waals surface area contributed by atoms with Crippen LogP contribution >= 0.6 is 0 Å². The Morgan fingerprint density at radius 3 is 2.42 bits per heavy atom. The summed E-state index contributed by atoms with van der Waals surface area (Å²) in [6.07, 6.45) is 0. The van der Waals surface area contributed by atoms with Gasteiger partial charge in [-0.3, -0.25) is 28.7 Å². The number of aromatic nitrogens is 6. The minimum Gasteiger partial charge on any atom is -0.500 e. The van der Waals surface area contributed by atoms with Gasteiger partial charge in [-0.1, -0.05) is 30.3 Å². The fraction of sp³-hybridized carbons (Fsp3) is 0.167. The van der Waals surface area contributed by atoms with Crippen molar-refractivity contribution in [3.8, 4) is 5.75 Å². The van der Waals surface area contributed by atoms with Crippen LogP contribution in [0, 0.1) is 0 Å². The highest BCUT2D eigenvalue weighted by atomic mass is 16.3.